The van der Waals surface area contributed by atoms with Gasteiger partial charge < -0.3 is 6.74 Å². The van der Waals surface area contributed by atoms with E-state index in [1.54, 1.807) is 0 Å². The van der Waals surface area contributed by atoms with E-state index in [2.05, 4.69) is 36.6 Å². The summed E-state index contributed by atoms with van der Waals surface area (Å²) >= 11 is 0. The van der Waals surface area contributed by atoms with Crippen molar-refractivity contribution in [2.24, 2.45) is 0 Å². The van der Waals surface area contributed by atoms with Gasteiger partial charge in [0.1, 0.15) is 0 Å². The minimum atomic E-state index is 0. The first-order valence-corrected chi connectivity index (χ1v) is 4.62. The second-order valence-corrected chi connectivity index (χ2v) is 3.43. The number of rotatable bonds is 1. The highest BCUT2D eigenvalue weighted by atomic mass is 14.9. The Morgan fingerprint density at radius 1 is 1.42 bits per heavy atom. The van der Waals surface area contributed by atoms with Gasteiger partial charge in [0.05, 0.1) is 6.04 Å². The number of fused-ring (bicyclic) bond motifs is 1. The standard InChI is InChI=1S/C11H15N.H/c1-12-11-8-4-6-9-5-2-3-7-10(9)11;/h2-3,5,7,11H,1,4,6,8,12H2;/q;-1/t11-;/m1./s1. The summed E-state index contributed by atoms with van der Waals surface area (Å²) in [5.74, 6) is 0. The Hall–Kier alpha value is -0.820. The average Bonchev–Trinajstić information content (AvgIpc) is 2.17. The van der Waals surface area contributed by atoms with E-state index in [9.17, 15) is 0 Å². The van der Waals surface area contributed by atoms with E-state index in [1.807, 2.05) is 0 Å². The molecule has 1 aliphatic carbocycles. The zero-order chi connectivity index (χ0) is 8.39. The van der Waals surface area contributed by atoms with Crippen LogP contribution in [0.2, 0.25) is 0 Å². The molecule has 0 bridgehead atoms. The lowest BCUT2D eigenvalue weighted by molar-refractivity contribution is -0.642. The fourth-order valence-electron chi connectivity index (χ4n) is 2.04. The lowest BCUT2D eigenvalue weighted by atomic mass is 9.88. The van der Waals surface area contributed by atoms with Crippen LogP contribution < -0.4 is 5.32 Å². The van der Waals surface area contributed by atoms with Crippen LogP contribution in [-0.4, -0.2) is 0 Å². The number of hydrogen-bond donors (Lipinski definition) is 1. The highest BCUT2D eigenvalue weighted by Crippen LogP contribution is 2.26. The number of benzene rings is 1. The molecule has 12 heavy (non-hydrogen) atoms. The Balaban J connectivity index is 0.000000845. The molecule has 0 aliphatic heterocycles. The first kappa shape index (κ1) is 7.81. The highest BCUT2D eigenvalue weighted by Gasteiger charge is 2.18. The van der Waals surface area contributed by atoms with Crippen LogP contribution in [0.4, 0.5) is 0 Å². The van der Waals surface area contributed by atoms with Crippen molar-refractivity contribution in [3.05, 3.63) is 42.4 Å². The Kier molecular flexibility index (Phi) is 2.13. The van der Waals surface area contributed by atoms with Crippen molar-refractivity contribution in [1.82, 2.24) is 0 Å². The molecule has 0 fully saturated rings. The molecule has 0 saturated carbocycles. The number of aryl methyl sites for hydroxylation is 1. The Morgan fingerprint density at radius 2 is 2.25 bits per heavy atom. The molecular weight excluding hydrogens is 146 g/mol. The molecule has 0 saturated heterocycles. The zero-order valence-corrected chi connectivity index (χ0v) is 7.29. The van der Waals surface area contributed by atoms with Crippen molar-refractivity contribution in [2.75, 3.05) is 0 Å². The van der Waals surface area contributed by atoms with Crippen LogP contribution in [0.1, 0.15) is 31.4 Å². The third-order valence-corrected chi connectivity index (χ3v) is 2.70. The third kappa shape index (κ3) is 1.25. The van der Waals surface area contributed by atoms with Gasteiger partial charge in [-0.1, -0.05) is 24.3 Å². The maximum Gasteiger partial charge on any atom is 0.0879 e. The van der Waals surface area contributed by atoms with Crippen LogP contribution in [0.15, 0.2) is 24.3 Å². The molecule has 2 N–H and O–H groups in total. The van der Waals surface area contributed by atoms with Crippen LogP contribution in [-0.2, 0) is 6.42 Å². The van der Waals surface area contributed by atoms with E-state index in [0.29, 0.717) is 6.04 Å². The lowest BCUT2D eigenvalue weighted by Crippen LogP contribution is -2.78. The van der Waals surface area contributed by atoms with Gasteiger partial charge in [0.2, 0.25) is 0 Å². The first-order chi connectivity index (χ1) is 5.92. The fraction of sp³-hybridized carbons (Fsp3) is 0.364. The molecule has 0 spiro atoms. The van der Waals surface area contributed by atoms with Crippen molar-refractivity contribution in [3.8, 4) is 0 Å². The maximum atomic E-state index is 3.88. The van der Waals surface area contributed by atoms with E-state index in [4.69, 9.17) is 0 Å². The molecule has 0 heterocycles. The molecule has 1 aliphatic rings. The van der Waals surface area contributed by atoms with Gasteiger partial charge in [-0.05, 0) is 18.4 Å². The minimum absolute atomic E-state index is 0. The predicted octanol–water partition coefficient (Wildman–Crippen LogP) is 1.53. The molecule has 0 unspecified atom stereocenters. The molecule has 1 nitrogen and oxygen atoms in total. The van der Waals surface area contributed by atoms with Gasteiger partial charge in [-0.2, -0.15) is 7.05 Å². The molecule has 66 valence electrons. The summed E-state index contributed by atoms with van der Waals surface area (Å²) in [7, 11) is 3.88. The molecule has 0 amide bonds. The first-order valence-electron chi connectivity index (χ1n) is 4.62. The van der Waals surface area contributed by atoms with Gasteiger partial charge in [0.15, 0.2) is 0 Å². The van der Waals surface area contributed by atoms with Crippen LogP contribution in [0.5, 0.6) is 0 Å². The highest BCUT2D eigenvalue weighted by molar-refractivity contribution is 5.30. The average molecular weight is 162 g/mol. The maximum absolute atomic E-state index is 3.88. The predicted molar refractivity (Wildman–Crippen MR) is 50.5 cm³/mol. The molecule has 1 heteroatoms. The minimum Gasteiger partial charge on any atom is -1.00 e. The van der Waals surface area contributed by atoms with E-state index in [-0.39, 0.29) is 1.43 Å². The quantitative estimate of drug-likeness (QED) is 0.603. The number of quaternary nitrogens is 1. The summed E-state index contributed by atoms with van der Waals surface area (Å²) < 4.78 is 0. The van der Waals surface area contributed by atoms with Crippen molar-refractivity contribution >= 4 is 0 Å². The lowest BCUT2D eigenvalue weighted by Gasteiger charge is -2.24. The van der Waals surface area contributed by atoms with Gasteiger partial charge >= 0.3 is 0 Å². The molecule has 0 aromatic heterocycles. The molecule has 1 atom stereocenters. The summed E-state index contributed by atoms with van der Waals surface area (Å²) in [4.78, 5) is 0. The van der Waals surface area contributed by atoms with E-state index in [0.717, 1.165) is 0 Å². The SMILES string of the molecule is [CH2-][NH2+][C@@H]1CCCc2ccccc21.[H-]. The largest absolute Gasteiger partial charge is 1.00 e. The normalized spacial score (nSPS) is 21.9. The Labute approximate surface area is 75.3 Å². The summed E-state index contributed by atoms with van der Waals surface area (Å²) in [6, 6.07) is 9.34. The van der Waals surface area contributed by atoms with Gasteiger partial charge in [-0.15, -0.1) is 0 Å². The fourth-order valence-corrected chi connectivity index (χ4v) is 2.04. The second kappa shape index (κ2) is 3.28. The third-order valence-electron chi connectivity index (χ3n) is 2.70. The van der Waals surface area contributed by atoms with Crippen LogP contribution in [0.25, 0.3) is 0 Å². The van der Waals surface area contributed by atoms with Gasteiger partial charge in [0, 0.05) is 12.0 Å². The van der Waals surface area contributed by atoms with Crippen molar-refractivity contribution in [2.45, 2.75) is 25.3 Å². The molecule has 2 rings (SSSR count). The molecule has 1 aromatic rings. The smallest absolute Gasteiger partial charge is 0.0879 e. The second-order valence-electron chi connectivity index (χ2n) is 3.43. The Bertz CT molecular complexity index is 273. The zero-order valence-electron chi connectivity index (χ0n) is 8.29. The monoisotopic (exact) mass is 162 g/mol. The van der Waals surface area contributed by atoms with Crippen molar-refractivity contribution in [3.63, 3.8) is 0 Å². The number of nitrogens with two attached hydrogens (primary N) is 1. The summed E-state index contributed by atoms with van der Waals surface area (Å²) in [6.45, 7) is 0. The molecular formula is C11H16N-. The van der Waals surface area contributed by atoms with E-state index < -0.39 is 0 Å². The van der Waals surface area contributed by atoms with E-state index >= 15 is 0 Å². The van der Waals surface area contributed by atoms with Crippen LogP contribution in [0, 0.1) is 7.05 Å². The van der Waals surface area contributed by atoms with Crippen molar-refractivity contribution in [1.29, 1.82) is 0 Å². The Morgan fingerprint density at radius 3 is 3.08 bits per heavy atom. The van der Waals surface area contributed by atoms with Gasteiger partial charge in [-0.25, -0.2) is 0 Å². The van der Waals surface area contributed by atoms with Crippen molar-refractivity contribution < 1.29 is 6.74 Å². The summed E-state index contributed by atoms with van der Waals surface area (Å²) in [5.41, 5.74) is 3.02. The molecule has 0 radical (unpaired) electrons. The topological polar surface area (TPSA) is 16.6 Å². The summed E-state index contributed by atoms with van der Waals surface area (Å²) in [6.07, 6.45) is 3.84. The van der Waals surface area contributed by atoms with Gasteiger partial charge in [0.25, 0.3) is 0 Å². The van der Waals surface area contributed by atoms with Crippen LogP contribution >= 0.6 is 0 Å². The number of hydrogen-bond acceptors (Lipinski definition) is 0. The van der Waals surface area contributed by atoms with Gasteiger partial charge in [-0.3, -0.25) is 0 Å². The summed E-state index contributed by atoms with van der Waals surface area (Å²) in [5, 5.41) is 2.08. The van der Waals surface area contributed by atoms with Crippen LogP contribution in [0.3, 0.4) is 0 Å². The molecule has 1 aromatic carbocycles. The van der Waals surface area contributed by atoms with E-state index in [1.165, 1.54) is 30.4 Å².